The van der Waals surface area contributed by atoms with E-state index in [1.54, 1.807) is 14.2 Å². The van der Waals surface area contributed by atoms with Crippen molar-refractivity contribution in [2.24, 2.45) is 10.4 Å². The first-order valence-corrected chi connectivity index (χ1v) is 9.51. The fraction of sp³-hybridized carbons (Fsp3) is 0.650. The number of methoxy groups -OCH3 is 2. The van der Waals surface area contributed by atoms with Crippen LogP contribution in [-0.4, -0.2) is 64.5 Å². The maximum atomic E-state index is 5.64. The quantitative estimate of drug-likeness (QED) is 0.379. The predicted octanol–water partition coefficient (Wildman–Crippen LogP) is 2.94. The lowest BCUT2D eigenvalue weighted by Gasteiger charge is -2.25. The first-order chi connectivity index (χ1) is 12.7. The average Bonchev–Trinajstić information content (AvgIpc) is 3.31. The highest BCUT2D eigenvalue weighted by Crippen LogP contribution is 2.38. The second-order valence-electron chi connectivity index (χ2n) is 7.15. The van der Waals surface area contributed by atoms with Crippen molar-refractivity contribution in [2.45, 2.75) is 26.2 Å². The Morgan fingerprint density at radius 3 is 2.74 bits per heavy atom. The smallest absolute Gasteiger partial charge is 0.193 e. The number of halogens is 1. The van der Waals surface area contributed by atoms with Gasteiger partial charge in [0.1, 0.15) is 0 Å². The highest BCUT2D eigenvalue weighted by atomic mass is 127. The largest absolute Gasteiger partial charge is 0.493 e. The van der Waals surface area contributed by atoms with Crippen LogP contribution < -0.4 is 14.8 Å². The average molecular weight is 489 g/mol. The molecule has 1 aromatic carbocycles. The summed E-state index contributed by atoms with van der Waals surface area (Å²) in [6, 6.07) is 6.06. The van der Waals surface area contributed by atoms with Crippen molar-refractivity contribution in [1.82, 2.24) is 10.2 Å². The Bertz CT molecular complexity index is 633. The van der Waals surface area contributed by atoms with Gasteiger partial charge in [0.05, 0.1) is 20.8 Å². The van der Waals surface area contributed by atoms with Crippen LogP contribution in [0.1, 0.15) is 25.3 Å². The molecule has 7 heteroatoms. The van der Waals surface area contributed by atoms with E-state index in [-0.39, 0.29) is 24.0 Å². The van der Waals surface area contributed by atoms with Gasteiger partial charge in [-0.1, -0.05) is 6.07 Å². The Morgan fingerprint density at radius 1 is 1.26 bits per heavy atom. The van der Waals surface area contributed by atoms with Crippen molar-refractivity contribution < 1.29 is 14.2 Å². The van der Waals surface area contributed by atoms with Crippen molar-refractivity contribution in [3.05, 3.63) is 23.8 Å². The van der Waals surface area contributed by atoms with Crippen molar-refractivity contribution in [1.29, 1.82) is 0 Å². The van der Waals surface area contributed by atoms with E-state index in [4.69, 9.17) is 19.2 Å². The standard InChI is InChI=1S/C20H31N3O3.HI/c1-4-21-19(23-11-8-20(14-23)9-12-26-15-20)22-10-7-16-5-6-17(24-2)18(13-16)25-3;/h5-6,13H,4,7-12,14-15H2,1-3H3,(H,21,22);1H. The van der Waals surface area contributed by atoms with Crippen LogP contribution in [0, 0.1) is 5.41 Å². The van der Waals surface area contributed by atoms with E-state index in [2.05, 4.69) is 23.2 Å². The Kier molecular flexibility index (Phi) is 8.47. The molecule has 152 valence electrons. The summed E-state index contributed by atoms with van der Waals surface area (Å²) >= 11 is 0. The number of aliphatic imine (C=N–C) groups is 1. The van der Waals surface area contributed by atoms with E-state index < -0.39 is 0 Å². The summed E-state index contributed by atoms with van der Waals surface area (Å²) in [7, 11) is 3.32. The van der Waals surface area contributed by atoms with Crippen LogP contribution in [0.3, 0.4) is 0 Å². The number of nitrogens with one attached hydrogen (secondary N) is 1. The third kappa shape index (κ3) is 5.40. The molecule has 0 amide bonds. The van der Waals surface area contributed by atoms with Crippen molar-refractivity contribution in [3.8, 4) is 11.5 Å². The summed E-state index contributed by atoms with van der Waals surface area (Å²) in [4.78, 5) is 7.26. The van der Waals surface area contributed by atoms with Gasteiger partial charge in [-0.2, -0.15) is 0 Å². The van der Waals surface area contributed by atoms with Gasteiger partial charge in [0.15, 0.2) is 17.5 Å². The number of guanidine groups is 1. The third-order valence-electron chi connectivity index (χ3n) is 5.37. The summed E-state index contributed by atoms with van der Waals surface area (Å²) in [6.07, 6.45) is 3.25. The van der Waals surface area contributed by atoms with E-state index in [0.29, 0.717) is 5.41 Å². The zero-order valence-electron chi connectivity index (χ0n) is 16.6. The molecule has 1 spiro atoms. The third-order valence-corrected chi connectivity index (χ3v) is 5.37. The molecule has 2 saturated heterocycles. The highest BCUT2D eigenvalue weighted by Gasteiger charge is 2.42. The summed E-state index contributed by atoms with van der Waals surface area (Å²) in [5.74, 6) is 2.55. The van der Waals surface area contributed by atoms with Crippen LogP contribution in [0.2, 0.25) is 0 Å². The molecule has 2 heterocycles. The number of likely N-dealkylation sites (tertiary alicyclic amines) is 1. The molecule has 27 heavy (non-hydrogen) atoms. The lowest BCUT2D eigenvalue weighted by Crippen LogP contribution is -2.41. The number of hydrogen-bond donors (Lipinski definition) is 1. The molecule has 1 aromatic rings. The molecule has 1 unspecified atom stereocenters. The first-order valence-electron chi connectivity index (χ1n) is 9.51. The van der Waals surface area contributed by atoms with Gasteiger partial charge in [-0.3, -0.25) is 4.99 Å². The van der Waals surface area contributed by atoms with Crippen LogP contribution in [0.25, 0.3) is 0 Å². The number of rotatable bonds is 6. The topological polar surface area (TPSA) is 55.3 Å². The highest BCUT2D eigenvalue weighted by molar-refractivity contribution is 14.0. The van der Waals surface area contributed by atoms with Crippen LogP contribution in [0.4, 0.5) is 0 Å². The summed E-state index contributed by atoms with van der Waals surface area (Å²) in [5, 5.41) is 3.45. The minimum atomic E-state index is 0. The zero-order valence-corrected chi connectivity index (χ0v) is 19.0. The van der Waals surface area contributed by atoms with E-state index >= 15 is 0 Å². The zero-order chi connectivity index (χ0) is 18.4. The van der Waals surface area contributed by atoms with E-state index in [9.17, 15) is 0 Å². The maximum absolute atomic E-state index is 5.64. The fourth-order valence-electron chi connectivity index (χ4n) is 3.84. The molecule has 1 atom stereocenters. The molecule has 0 aromatic heterocycles. The van der Waals surface area contributed by atoms with Crippen LogP contribution in [-0.2, 0) is 11.2 Å². The number of benzene rings is 1. The fourth-order valence-corrected chi connectivity index (χ4v) is 3.84. The monoisotopic (exact) mass is 489 g/mol. The van der Waals surface area contributed by atoms with Gasteiger partial charge < -0.3 is 24.4 Å². The molecule has 0 saturated carbocycles. The van der Waals surface area contributed by atoms with Crippen molar-refractivity contribution in [2.75, 3.05) is 53.6 Å². The van der Waals surface area contributed by atoms with Gasteiger partial charge in [-0.05, 0) is 43.9 Å². The molecular formula is C20H32IN3O3. The molecule has 0 bridgehead atoms. The molecule has 2 aliphatic rings. The predicted molar refractivity (Wildman–Crippen MR) is 119 cm³/mol. The first kappa shape index (κ1) is 22.1. The minimum absolute atomic E-state index is 0. The molecule has 3 rings (SSSR count). The van der Waals surface area contributed by atoms with Gasteiger partial charge in [0.2, 0.25) is 0 Å². The molecular weight excluding hydrogens is 457 g/mol. The van der Waals surface area contributed by atoms with Crippen LogP contribution in [0.15, 0.2) is 23.2 Å². The van der Waals surface area contributed by atoms with Crippen LogP contribution >= 0.6 is 24.0 Å². The van der Waals surface area contributed by atoms with Gasteiger partial charge in [-0.15, -0.1) is 24.0 Å². The van der Waals surface area contributed by atoms with E-state index in [0.717, 1.165) is 63.3 Å². The lowest BCUT2D eigenvalue weighted by molar-refractivity contribution is 0.156. The van der Waals surface area contributed by atoms with Gasteiger partial charge in [0, 0.05) is 38.2 Å². The van der Waals surface area contributed by atoms with Gasteiger partial charge in [-0.25, -0.2) is 0 Å². The lowest BCUT2D eigenvalue weighted by atomic mass is 9.87. The summed E-state index contributed by atoms with van der Waals surface area (Å²) < 4.78 is 16.3. The van der Waals surface area contributed by atoms with E-state index in [1.165, 1.54) is 18.4 Å². The minimum Gasteiger partial charge on any atom is -0.493 e. The number of hydrogen-bond acceptors (Lipinski definition) is 4. The number of nitrogens with zero attached hydrogens (tertiary/aromatic N) is 2. The Morgan fingerprint density at radius 2 is 2.07 bits per heavy atom. The Balaban J connectivity index is 0.00000261. The second kappa shape index (κ2) is 10.4. The van der Waals surface area contributed by atoms with E-state index in [1.807, 2.05) is 12.1 Å². The van der Waals surface area contributed by atoms with Crippen molar-refractivity contribution in [3.63, 3.8) is 0 Å². The SMILES string of the molecule is CCNC(=NCCc1ccc(OC)c(OC)c1)N1CCC2(CCOC2)C1.I. The second-order valence-corrected chi connectivity index (χ2v) is 7.15. The number of ether oxygens (including phenoxy) is 3. The maximum Gasteiger partial charge on any atom is 0.193 e. The Hall–Kier alpha value is -1.22. The molecule has 2 aliphatic heterocycles. The summed E-state index contributed by atoms with van der Waals surface area (Å²) in [5.41, 5.74) is 1.55. The van der Waals surface area contributed by atoms with Gasteiger partial charge >= 0.3 is 0 Å². The normalized spacial score (nSPS) is 22.0. The van der Waals surface area contributed by atoms with Crippen molar-refractivity contribution >= 4 is 29.9 Å². The van der Waals surface area contributed by atoms with Crippen LogP contribution in [0.5, 0.6) is 11.5 Å². The summed E-state index contributed by atoms with van der Waals surface area (Å²) in [6.45, 7) is 7.66. The molecule has 0 radical (unpaired) electrons. The molecule has 1 N–H and O–H groups in total. The molecule has 6 nitrogen and oxygen atoms in total. The molecule has 0 aliphatic carbocycles. The molecule has 2 fully saturated rings. The Labute approximate surface area is 179 Å². The van der Waals surface area contributed by atoms with Gasteiger partial charge in [0.25, 0.3) is 0 Å².